The molecule has 1 unspecified atom stereocenters. The van der Waals surface area contributed by atoms with E-state index in [9.17, 15) is 4.79 Å². The van der Waals surface area contributed by atoms with Crippen LogP contribution in [0.2, 0.25) is 0 Å². The van der Waals surface area contributed by atoms with E-state index in [2.05, 4.69) is 4.98 Å². The average molecular weight is 266 g/mol. The number of aromatic nitrogens is 1. The molecule has 3 rings (SSSR count). The fourth-order valence-electron chi connectivity index (χ4n) is 2.88. The second-order valence-electron chi connectivity index (χ2n) is 5.29. The van der Waals surface area contributed by atoms with E-state index in [0.717, 1.165) is 50.6 Å². The molecule has 0 aromatic carbocycles. The van der Waals surface area contributed by atoms with Crippen LogP contribution in [0.5, 0.6) is 0 Å². The summed E-state index contributed by atoms with van der Waals surface area (Å²) in [6, 6.07) is 0. The van der Waals surface area contributed by atoms with Crippen LogP contribution in [0.4, 0.5) is 0 Å². The molecule has 0 bridgehead atoms. The zero-order valence-electron chi connectivity index (χ0n) is 10.4. The van der Waals surface area contributed by atoms with Gasteiger partial charge in [0.1, 0.15) is 0 Å². The van der Waals surface area contributed by atoms with Gasteiger partial charge in [-0.15, -0.1) is 11.3 Å². The molecule has 2 aliphatic rings. The number of hydrogen-bond acceptors (Lipinski definition) is 4. The van der Waals surface area contributed by atoms with Crippen LogP contribution >= 0.6 is 11.3 Å². The molecule has 1 aromatic heterocycles. The zero-order chi connectivity index (χ0) is 12.4. The summed E-state index contributed by atoms with van der Waals surface area (Å²) in [6.07, 6.45) is 5.49. The maximum Gasteiger partial charge on any atom is 0.222 e. The van der Waals surface area contributed by atoms with Crippen molar-refractivity contribution in [3.05, 3.63) is 16.6 Å². The second kappa shape index (κ2) is 4.97. The first-order chi connectivity index (χ1) is 8.77. The van der Waals surface area contributed by atoms with Crippen molar-refractivity contribution in [3.63, 3.8) is 0 Å². The summed E-state index contributed by atoms with van der Waals surface area (Å²) < 4.78 is 5.52. The molecule has 5 heteroatoms. The zero-order valence-corrected chi connectivity index (χ0v) is 11.2. The van der Waals surface area contributed by atoms with Gasteiger partial charge in [-0.2, -0.15) is 0 Å². The van der Waals surface area contributed by atoms with Crippen LogP contribution < -0.4 is 0 Å². The number of hydrogen-bond donors (Lipinski definition) is 0. The normalized spacial score (nSPS) is 28.2. The Bertz CT molecular complexity index is 413. The number of nitrogens with zero attached hydrogens (tertiary/aromatic N) is 2. The third-order valence-corrected chi connectivity index (χ3v) is 4.85. The molecule has 0 N–H and O–H groups in total. The van der Waals surface area contributed by atoms with Gasteiger partial charge in [-0.1, -0.05) is 0 Å². The molecule has 0 radical (unpaired) electrons. The van der Waals surface area contributed by atoms with Gasteiger partial charge in [0.05, 0.1) is 11.6 Å². The van der Waals surface area contributed by atoms with E-state index in [0.29, 0.717) is 12.3 Å². The summed E-state index contributed by atoms with van der Waals surface area (Å²) >= 11 is 1.66. The summed E-state index contributed by atoms with van der Waals surface area (Å²) in [7, 11) is 0. The van der Waals surface area contributed by atoms with Crippen LogP contribution in [0, 0.1) is 5.41 Å². The van der Waals surface area contributed by atoms with Crippen LogP contribution in [-0.4, -0.2) is 42.1 Å². The van der Waals surface area contributed by atoms with E-state index >= 15 is 0 Å². The average Bonchev–Trinajstić information content (AvgIpc) is 3.03. The first-order valence-electron chi connectivity index (χ1n) is 6.51. The van der Waals surface area contributed by atoms with Gasteiger partial charge in [-0.05, 0) is 12.8 Å². The number of amides is 1. The summed E-state index contributed by atoms with van der Waals surface area (Å²) in [4.78, 5) is 18.2. The van der Waals surface area contributed by atoms with E-state index in [1.165, 1.54) is 0 Å². The molecule has 0 aliphatic carbocycles. The second-order valence-corrected chi connectivity index (χ2v) is 6.27. The maximum atomic E-state index is 12.0. The van der Waals surface area contributed by atoms with Gasteiger partial charge in [0.2, 0.25) is 5.91 Å². The summed E-state index contributed by atoms with van der Waals surface area (Å²) in [6.45, 7) is 3.36. The van der Waals surface area contributed by atoms with E-state index in [-0.39, 0.29) is 5.41 Å². The molecule has 98 valence electrons. The predicted octanol–water partition coefficient (Wildman–Crippen LogP) is 1.71. The van der Waals surface area contributed by atoms with Gasteiger partial charge < -0.3 is 9.64 Å². The Balaban J connectivity index is 1.61. The monoisotopic (exact) mass is 266 g/mol. The maximum absolute atomic E-state index is 12.0. The number of likely N-dealkylation sites (tertiary alicyclic amines) is 1. The highest BCUT2D eigenvalue weighted by molar-refractivity contribution is 7.09. The van der Waals surface area contributed by atoms with Gasteiger partial charge in [-0.25, -0.2) is 4.98 Å². The van der Waals surface area contributed by atoms with Crippen LogP contribution in [0.1, 0.15) is 24.3 Å². The fourth-order valence-corrected chi connectivity index (χ4v) is 3.49. The lowest BCUT2D eigenvalue weighted by molar-refractivity contribution is -0.137. The molecular formula is C13H18N2O2S. The number of thiazole rings is 1. The molecular weight excluding hydrogens is 248 g/mol. The molecule has 2 saturated heterocycles. The number of carbonyl (C=O) groups excluding carboxylic acids is 1. The molecule has 2 fully saturated rings. The number of rotatable bonds is 3. The first-order valence-corrected chi connectivity index (χ1v) is 7.39. The Morgan fingerprint density at radius 2 is 2.44 bits per heavy atom. The van der Waals surface area contributed by atoms with Crippen molar-refractivity contribution in [1.29, 1.82) is 0 Å². The lowest BCUT2D eigenvalue weighted by Crippen LogP contribution is -2.47. The minimum atomic E-state index is 0.247. The third kappa shape index (κ3) is 2.42. The standard InChI is InChI=1S/C13H18N2O2S/c16-12-1-3-13(4-7-17-10-13)9-15(12)6-2-11-14-5-8-18-11/h5,8H,1-4,6-7,9-10H2. The number of ether oxygens (including phenoxy) is 1. The van der Waals surface area contributed by atoms with Crippen molar-refractivity contribution in [3.8, 4) is 0 Å². The highest BCUT2D eigenvalue weighted by Crippen LogP contribution is 2.38. The van der Waals surface area contributed by atoms with Crippen molar-refractivity contribution in [2.45, 2.75) is 25.7 Å². The molecule has 1 amide bonds. The topological polar surface area (TPSA) is 42.4 Å². The lowest BCUT2D eigenvalue weighted by atomic mass is 9.79. The van der Waals surface area contributed by atoms with E-state index in [1.54, 1.807) is 11.3 Å². The van der Waals surface area contributed by atoms with Gasteiger partial charge in [0, 0.05) is 49.5 Å². The first kappa shape index (κ1) is 12.1. The quantitative estimate of drug-likeness (QED) is 0.836. The molecule has 4 nitrogen and oxygen atoms in total. The van der Waals surface area contributed by atoms with Gasteiger partial charge in [0.15, 0.2) is 0 Å². The lowest BCUT2D eigenvalue weighted by Gasteiger charge is -2.39. The predicted molar refractivity (Wildman–Crippen MR) is 69.5 cm³/mol. The Morgan fingerprint density at radius 3 is 3.17 bits per heavy atom. The highest BCUT2D eigenvalue weighted by atomic mass is 32.1. The molecule has 1 atom stereocenters. The summed E-state index contributed by atoms with van der Waals surface area (Å²) in [5.74, 6) is 0.295. The van der Waals surface area contributed by atoms with Gasteiger partial charge in [-0.3, -0.25) is 4.79 Å². The number of piperidine rings is 1. The van der Waals surface area contributed by atoms with Crippen molar-refractivity contribution >= 4 is 17.2 Å². The van der Waals surface area contributed by atoms with Crippen LogP contribution in [0.15, 0.2) is 11.6 Å². The molecule has 18 heavy (non-hydrogen) atoms. The van der Waals surface area contributed by atoms with Gasteiger partial charge >= 0.3 is 0 Å². The van der Waals surface area contributed by atoms with Crippen LogP contribution in [0.25, 0.3) is 0 Å². The Kier molecular flexibility index (Phi) is 3.35. The van der Waals surface area contributed by atoms with Crippen molar-refractivity contribution < 1.29 is 9.53 Å². The Hall–Kier alpha value is -0.940. The van der Waals surface area contributed by atoms with E-state index in [4.69, 9.17) is 4.74 Å². The highest BCUT2D eigenvalue weighted by Gasteiger charge is 2.41. The number of carbonyl (C=O) groups is 1. The largest absolute Gasteiger partial charge is 0.381 e. The van der Waals surface area contributed by atoms with Crippen LogP contribution in [0.3, 0.4) is 0 Å². The minimum absolute atomic E-state index is 0.247. The fraction of sp³-hybridized carbons (Fsp3) is 0.692. The Morgan fingerprint density at radius 1 is 1.50 bits per heavy atom. The third-order valence-electron chi connectivity index (χ3n) is 4.01. The molecule has 0 saturated carbocycles. The summed E-state index contributed by atoms with van der Waals surface area (Å²) in [5, 5.41) is 3.10. The Labute approximate surface area is 111 Å². The minimum Gasteiger partial charge on any atom is -0.381 e. The molecule has 3 heterocycles. The van der Waals surface area contributed by atoms with Crippen LogP contribution in [-0.2, 0) is 16.0 Å². The molecule has 1 spiro atoms. The SMILES string of the molecule is O=C1CCC2(CCOC2)CN1CCc1nccs1. The van der Waals surface area contributed by atoms with Crippen molar-refractivity contribution in [2.24, 2.45) is 5.41 Å². The summed E-state index contributed by atoms with van der Waals surface area (Å²) in [5.41, 5.74) is 0.247. The van der Waals surface area contributed by atoms with E-state index < -0.39 is 0 Å². The van der Waals surface area contributed by atoms with Crippen molar-refractivity contribution in [1.82, 2.24) is 9.88 Å². The molecule has 2 aliphatic heterocycles. The van der Waals surface area contributed by atoms with Crippen molar-refractivity contribution in [2.75, 3.05) is 26.3 Å². The van der Waals surface area contributed by atoms with E-state index in [1.807, 2.05) is 16.5 Å². The van der Waals surface area contributed by atoms with Gasteiger partial charge in [0.25, 0.3) is 0 Å². The molecule has 1 aromatic rings. The smallest absolute Gasteiger partial charge is 0.222 e.